The summed E-state index contributed by atoms with van der Waals surface area (Å²) in [6, 6.07) is 1.74. The summed E-state index contributed by atoms with van der Waals surface area (Å²) >= 11 is 3.27. The van der Waals surface area contributed by atoms with Crippen LogP contribution in [0.15, 0.2) is 16.3 Å². The van der Waals surface area contributed by atoms with Crippen molar-refractivity contribution in [2.45, 2.75) is 30.3 Å². The molecule has 17 heavy (non-hydrogen) atoms. The summed E-state index contributed by atoms with van der Waals surface area (Å²) in [7, 11) is -3.35. The molecule has 0 aromatic carbocycles. The predicted octanol–water partition coefficient (Wildman–Crippen LogP) is 1.38. The van der Waals surface area contributed by atoms with Crippen LogP contribution in [0.3, 0.4) is 0 Å². The zero-order chi connectivity index (χ0) is 12.3. The molecule has 2 heterocycles. The highest BCUT2D eigenvalue weighted by Gasteiger charge is 2.22. The molecule has 0 saturated carbocycles. The molecule has 0 radical (unpaired) electrons. The Kier molecular flexibility index (Phi) is 4.48. The highest BCUT2D eigenvalue weighted by molar-refractivity contribution is 7.99. The predicted molar refractivity (Wildman–Crippen MR) is 72.9 cm³/mol. The molecule has 1 aromatic rings. The van der Waals surface area contributed by atoms with Gasteiger partial charge >= 0.3 is 0 Å². The third-order valence-corrected chi connectivity index (χ3v) is 6.34. The van der Waals surface area contributed by atoms with E-state index in [9.17, 15) is 8.42 Å². The Hall–Kier alpha value is -0.0800. The van der Waals surface area contributed by atoms with Crippen LogP contribution in [0.25, 0.3) is 0 Å². The van der Waals surface area contributed by atoms with Crippen molar-refractivity contribution >= 4 is 33.1 Å². The minimum atomic E-state index is -3.35. The lowest BCUT2D eigenvalue weighted by Crippen LogP contribution is -2.37. The molecule has 1 aliphatic rings. The molecule has 0 spiro atoms. The Bertz CT molecular complexity index is 464. The molecular weight excluding hydrogens is 276 g/mol. The van der Waals surface area contributed by atoms with Crippen LogP contribution in [0.2, 0.25) is 0 Å². The normalized spacial score (nSPS) is 18.4. The van der Waals surface area contributed by atoms with Crippen LogP contribution in [0.4, 0.5) is 0 Å². The van der Waals surface area contributed by atoms with E-state index < -0.39 is 10.0 Å². The molecule has 1 aromatic heterocycles. The summed E-state index contributed by atoms with van der Waals surface area (Å²) < 4.78 is 26.9. The van der Waals surface area contributed by atoms with Gasteiger partial charge in [-0.15, -0.1) is 11.3 Å². The Balaban J connectivity index is 2.07. The number of hydrogen-bond acceptors (Lipinski definition) is 5. The third kappa shape index (κ3) is 3.45. The average Bonchev–Trinajstić information content (AvgIpc) is 2.79. The van der Waals surface area contributed by atoms with Crippen molar-refractivity contribution in [3.05, 3.63) is 16.3 Å². The minimum Gasteiger partial charge on any atom is -0.326 e. The standard InChI is InChI=1S/C10H16N2O2S3/c11-6-9-5-10(7-16-9)17(13,14)12-8-1-3-15-4-2-8/h5,7-8,12H,1-4,6,11H2. The molecule has 0 atom stereocenters. The van der Waals surface area contributed by atoms with Crippen LogP contribution in [-0.2, 0) is 16.6 Å². The molecule has 1 saturated heterocycles. The SMILES string of the molecule is NCc1cc(S(=O)(=O)NC2CCSCC2)cs1. The van der Waals surface area contributed by atoms with Gasteiger partial charge in [0.25, 0.3) is 0 Å². The van der Waals surface area contributed by atoms with E-state index in [1.807, 2.05) is 11.8 Å². The molecule has 96 valence electrons. The second-order valence-electron chi connectivity index (χ2n) is 3.96. The number of rotatable bonds is 4. The fraction of sp³-hybridized carbons (Fsp3) is 0.600. The molecule has 2 rings (SSSR count). The first-order valence-corrected chi connectivity index (χ1v) is 9.01. The zero-order valence-electron chi connectivity index (χ0n) is 9.39. The van der Waals surface area contributed by atoms with Crippen molar-refractivity contribution in [1.82, 2.24) is 4.72 Å². The summed E-state index contributed by atoms with van der Waals surface area (Å²) in [6.07, 6.45) is 1.83. The third-order valence-electron chi connectivity index (χ3n) is 2.68. The molecule has 1 aliphatic heterocycles. The van der Waals surface area contributed by atoms with Gasteiger partial charge in [0.2, 0.25) is 10.0 Å². The van der Waals surface area contributed by atoms with Crippen LogP contribution in [-0.4, -0.2) is 26.0 Å². The molecule has 7 heteroatoms. The van der Waals surface area contributed by atoms with Crippen LogP contribution < -0.4 is 10.5 Å². The van der Waals surface area contributed by atoms with Gasteiger partial charge in [0.15, 0.2) is 0 Å². The van der Waals surface area contributed by atoms with E-state index >= 15 is 0 Å². The molecule has 3 N–H and O–H groups in total. The van der Waals surface area contributed by atoms with Gasteiger partial charge < -0.3 is 5.73 Å². The maximum Gasteiger partial charge on any atom is 0.241 e. The lowest BCUT2D eigenvalue weighted by Gasteiger charge is -2.21. The first-order valence-electron chi connectivity index (χ1n) is 5.49. The Morgan fingerprint density at radius 2 is 2.12 bits per heavy atom. The molecule has 0 bridgehead atoms. The fourth-order valence-corrected chi connectivity index (χ4v) is 5.28. The number of sulfonamides is 1. The van der Waals surface area contributed by atoms with E-state index in [-0.39, 0.29) is 6.04 Å². The van der Waals surface area contributed by atoms with Crippen molar-refractivity contribution in [1.29, 1.82) is 0 Å². The maximum atomic E-state index is 12.1. The number of hydrogen-bond donors (Lipinski definition) is 2. The van der Waals surface area contributed by atoms with Crippen molar-refractivity contribution < 1.29 is 8.42 Å². The highest BCUT2D eigenvalue weighted by atomic mass is 32.2. The summed E-state index contributed by atoms with van der Waals surface area (Å²) in [5, 5.41) is 1.65. The van der Waals surface area contributed by atoms with Crippen LogP contribution in [0.5, 0.6) is 0 Å². The maximum absolute atomic E-state index is 12.1. The largest absolute Gasteiger partial charge is 0.326 e. The van der Waals surface area contributed by atoms with Crippen molar-refractivity contribution in [2.75, 3.05) is 11.5 Å². The van der Waals surface area contributed by atoms with Crippen LogP contribution in [0, 0.1) is 0 Å². The van der Waals surface area contributed by atoms with Gasteiger partial charge in [0, 0.05) is 22.8 Å². The topological polar surface area (TPSA) is 72.2 Å². The summed E-state index contributed by atoms with van der Waals surface area (Å²) in [5.41, 5.74) is 5.48. The van der Waals surface area contributed by atoms with E-state index in [4.69, 9.17) is 5.73 Å². The van der Waals surface area contributed by atoms with Crippen molar-refractivity contribution in [3.8, 4) is 0 Å². The monoisotopic (exact) mass is 292 g/mol. The summed E-state index contributed by atoms with van der Waals surface area (Å²) in [4.78, 5) is 1.24. The Morgan fingerprint density at radius 1 is 1.41 bits per heavy atom. The first-order chi connectivity index (χ1) is 8.12. The van der Waals surface area contributed by atoms with Gasteiger partial charge in [-0.3, -0.25) is 0 Å². The van der Waals surface area contributed by atoms with Gasteiger partial charge in [0.1, 0.15) is 0 Å². The number of thioether (sulfide) groups is 1. The molecular formula is C10H16N2O2S3. The Labute approximate surface area is 110 Å². The molecule has 4 nitrogen and oxygen atoms in total. The van der Waals surface area contributed by atoms with Gasteiger partial charge in [-0.25, -0.2) is 13.1 Å². The van der Waals surface area contributed by atoms with Gasteiger partial charge in [-0.2, -0.15) is 11.8 Å². The minimum absolute atomic E-state index is 0.0856. The van der Waals surface area contributed by atoms with E-state index in [0.29, 0.717) is 11.4 Å². The van der Waals surface area contributed by atoms with E-state index in [1.165, 1.54) is 11.3 Å². The fourth-order valence-electron chi connectivity index (χ4n) is 1.71. The number of nitrogens with two attached hydrogens (primary N) is 1. The zero-order valence-corrected chi connectivity index (χ0v) is 11.8. The molecule has 0 amide bonds. The van der Waals surface area contributed by atoms with Crippen LogP contribution in [0.1, 0.15) is 17.7 Å². The second kappa shape index (κ2) is 5.71. The summed E-state index contributed by atoms with van der Waals surface area (Å²) in [5.74, 6) is 2.07. The van der Waals surface area contributed by atoms with Crippen molar-refractivity contribution in [3.63, 3.8) is 0 Å². The van der Waals surface area contributed by atoms with Crippen molar-refractivity contribution in [2.24, 2.45) is 5.73 Å². The summed E-state index contributed by atoms with van der Waals surface area (Å²) in [6.45, 7) is 0.389. The average molecular weight is 292 g/mol. The van der Waals surface area contributed by atoms with E-state index in [0.717, 1.165) is 29.2 Å². The quantitative estimate of drug-likeness (QED) is 0.879. The van der Waals surface area contributed by atoms with Gasteiger partial charge in [-0.1, -0.05) is 0 Å². The second-order valence-corrected chi connectivity index (χ2v) is 7.90. The number of thiophene rings is 1. The lowest BCUT2D eigenvalue weighted by atomic mass is 10.2. The molecule has 1 fully saturated rings. The smallest absolute Gasteiger partial charge is 0.241 e. The van der Waals surface area contributed by atoms with Gasteiger partial charge in [0.05, 0.1) is 4.90 Å². The molecule has 0 unspecified atom stereocenters. The first kappa shape index (κ1) is 13.4. The highest BCUT2D eigenvalue weighted by Crippen LogP contribution is 2.22. The number of nitrogens with one attached hydrogen (secondary N) is 1. The van der Waals surface area contributed by atoms with Crippen LogP contribution >= 0.6 is 23.1 Å². The van der Waals surface area contributed by atoms with E-state index in [2.05, 4.69) is 4.72 Å². The van der Waals surface area contributed by atoms with Gasteiger partial charge in [-0.05, 0) is 30.4 Å². The lowest BCUT2D eigenvalue weighted by molar-refractivity contribution is 0.529. The molecule has 0 aliphatic carbocycles. The van der Waals surface area contributed by atoms with E-state index in [1.54, 1.807) is 11.4 Å². The Morgan fingerprint density at radius 3 is 2.71 bits per heavy atom.